The number of hydrogen-bond donors (Lipinski definition) is 2. The monoisotopic (exact) mass is 462 g/mol. The van der Waals surface area contributed by atoms with Gasteiger partial charge in [-0.3, -0.25) is 9.59 Å². The molecule has 0 aliphatic rings. The largest absolute Gasteiger partial charge is 0.497 e. The summed E-state index contributed by atoms with van der Waals surface area (Å²) in [5.74, 6) is -0.0109. The van der Waals surface area contributed by atoms with Gasteiger partial charge in [-0.2, -0.15) is 0 Å². The van der Waals surface area contributed by atoms with E-state index in [1.54, 1.807) is 37.5 Å². The number of amides is 2. The quantitative estimate of drug-likeness (QED) is 0.424. The van der Waals surface area contributed by atoms with Gasteiger partial charge in [0.25, 0.3) is 11.8 Å². The first kappa shape index (κ1) is 25.1. The summed E-state index contributed by atoms with van der Waals surface area (Å²) in [5, 5.41) is 6.80. The number of methoxy groups -OCH3 is 1. The van der Waals surface area contributed by atoms with Crippen LogP contribution in [0.5, 0.6) is 5.75 Å². The predicted octanol–water partition coefficient (Wildman–Crippen LogP) is 3.90. The van der Waals surface area contributed by atoms with Crippen LogP contribution in [0.15, 0.2) is 60.4 Å². The molecule has 3 aromatic rings. The number of carbonyl (C=O) groups excluding carboxylic acids is 2. The molecule has 7 heteroatoms. The van der Waals surface area contributed by atoms with Crippen molar-refractivity contribution in [2.45, 2.75) is 27.3 Å². The van der Waals surface area contributed by atoms with E-state index in [9.17, 15) is 9.59 Å². The fourth-order valence-electron chi connectivity index (χ4n) is 3.87. The highest BCUT2D eigenvalue weighted by Crippen LogP contribution is 2.23. The van der Waals surface area contributed by atoms with Gasteiger partial charge in [-0.05, 0) is 56.4 Å². The summed E-state index contributed by atoms with van der Waals surface area (Å²) in [5.41, 5.74) is 2.61. The highest BCUT2D eigenvalue weighted by atomic mass is 16.5. The second kappa shape index (κ2) is 12.0. The molecule has 0 atom stereocenters. The Bertz CT molecular complexity index is 1140. The van der Waals surface area contributed by atoms with Crippen molar-refractivity contribution in [1.29, 1.82) is 0 Å². The van der Waals surface area contributed by atoms with E-state index in [2.05, 4.69) is 46.9 Å². The summed E-state index contributed by atoms with van der Waals surface area (Å²) in [7, 11) is 1.57. The van der Waals surface area contributed by atoms with Crippen molar-refractivity contribution in [1.82, 2.24) is 20.1 Å². The molecule has 0 aliphatic heterocycles. The molecule has 0 saturated heterocycles. The van der Waals surface area contributed by atoms with Crippen LogP contribution in [-0.2, 0) is 11.3 Å². The summed E-state index contributed by atoms with van der Waals surface area (Å²) >= 11 is 0. The Hall–Kier alpha value is -3.58. The molecule has 0 spiro atoms. The summed E-state index contributed by atoms with van der Waals surface area (Å²) in [6.45, 7) is 10.1. The van der Waals surface area contributed by atoms with Crippen molar-refractivity contribution in [2.75, 3.05) is 33.3 Å². The van der Waals surface area contributed by atoms with Crippen molar-refractivity contribution in [2.24, 2.45) is 0 Å². The van der Waals surface area contributed by atoms with Crippen LogP contribution < -0.4 is 15.4 Å². The lowest BCUT2D eigenvalue weighted by Gasteiger charge is -2.18. The maximum absolute atomic E-state index is 13.1. The van der Waals surface area contributed by atoms with Crippen molar-refractivity contribution in [3.63, 3.8) is 0 Å². The molecular weight excluding hydrogens is 428 g/mol. The lowest BCUT2D eigenvalue weighted by molar-refractivity contribution is -0.117. The lowest BCUT2D eigenvalue weighted by Crippen LogP contribution is -2.39. The fraction of sp³-hybridized carbons (Fsp3) is 0.333. The summed E-state index contributed by atoms with van der Waals surface area (Å²) in [6, 6.07) is 14.8. The Labute approximate surface area is 201 Å². The predicted molar refractivity (Wildman–Crippen MR) is 137 cm³/mol. The van der Waals surface area contributed by atoms with Crippen molar-refractivity contribution < 1.29 is 14.3 Å². The van der Waals surface area contributed by atoms with Crippen LogP contribution in [0, 0.1) is 0 Å². The molecule has 0 unspecified atom stereocenters. The molecule has 0 fully saturated rings. The number of rotatable bonds is 11. The summed E-state index contributed by atoms with van der Waals surface area (Å²) in [6.07, 6.45) is 3.76. The number of nitrogens with one attached hydrogen (secondary N) is 2. The van der Waals surface area contributed by atoms with Gasteiger partial charge in [0.05, 0.1) is 7.11 Å². The van der Waals surface area contributed by atoms with Gasteiger partial charge in [0.2, 0.25) is 0 Å². The smallest absolute Gasteiger partial charge is 0.267 e. The molecule has 0 saturated carbocycles. The van der Waals surface area contributed by atoms with Crippen LogP contribution in [0.4, 0.5) is 0 Å². The molecule has 34 heavy (non-hydrogen) atoms. The van der Waals surface area contributed by atoms with Crippen LogP contribution in [0.25, 0.3) is 17.0 Å². The van der Waals surface area contributed by atoms with E-state index < -0.39 is 0 Å². The van der Waals surface area contributed by atoms with E-state index in [-0.39, 0.29) is 17.5 Å². The highest BCUT2D eigenvalue weighted by molar-refractivity contribution is 6.06. The van der Waals surface area contributed by atoms with Crippen LogP contribution in [0.3, 0.4) is 0 Å². The third-order valence-corrected chi connectivity index (χ3v) is 5.91. The first-order valence-electron chi connectivity index (χ1n) is 11.8. The zero-order valence-corrected chi connectivity index (χ0v) is 20.4. The van der Waals surface area contributed by atoms with E-state index in [1.807, 2.05) is 24.4 Å². The minimum atomic E-state index is -0.355. The van der Waals surface area contributed by atoms with Crippen LogP contribution in [0.1, 0.15) is 36.7 Å². The topological polar surface area (TPSA) is 75.6 Å². The number of aromatic nitrogens is 1. The average Bonchev–Trinajstić information content (AvgIpc) is 3.23. The highest BCUT2D eigenvalue weighted by Gasteiger charge is 2.16. The number of carbonyl (C=O) groups is 2. The number of benzene rings is 2. The molecule has 0 aliphatic carbocycles. The Morgan fingerprint density at radius 2 is 1.74 bits per heavy atom. The van der Waals surface area contributed by atoms with E-state index in [4.69, 9.17) is 4.74 Å². The van der Waals surface area contributed by atoms with Crippen molar-refractivity contribution in [3.05, 3.63) is 71.6 Å². The molecule has 180 valence electrons. The number of likely N-dealkylation sites (N-methyl/N-ethyl adjacent to an activating group) is 1. The lowest BCUT2D eigenvalue weighted by atomic mass is 10.1. The second-order valence-corrected chi connectivity index (χ2v) is 7.91. The minimum Gasteiger partial charge on any atom is -0.497 e. The van der Waals surface area contributed by atoms with Gasteiger partial charge in [0.15, 0.2) is 0 Å². The maximum atomic E-state index is 13.1. The molecule has 7 nitrogen and oxygen atoms in total. The Balaban J connectivity index is 1.89. The van der Waals surface area contributed by atoms with Crippen LogP contribution in [-0.4, -0.2) is 54.6 Å². The molecule has 2 amide bonds. The van der Waals surface area contributed by atoms with E-state index in [0.717, 1.165) is 42.6 Å². The van der Waals surface area contributed by atoms with Gasteiger partial charge in [-0.15, -0.1) is 0 Å². The zero-order valence-electron chi connectivity index (χ0n) is 20.4. The number of para-hydroxylation sites is 1. The SMILES string of the molecule is CCN(CC)CCNC(=O)C(=Cc1cn(CC)c2ccccc12)NC(=O)c1ccc(OC)cc1. The second-order valence-electron chi connectivity index (χ2n) is 7.91. The van der Waals surface area contributed by atoms with Gasteiger partial charge in [-0.1, -0.05) is 32.0 Å². The molecule has 0 radical (unpaired) electrons. The van der Waals surface area contributed by atoms with Crippen molar-refractivity contribution in [3.8, 4) is 5.75 Å². The fourth-order valence-corrected chi connectivity index (χ4v) is 3.87. The van der Waals surface area contributed by atoms with E-state index in [0.29, 0.717) is 17.9 Å². The molecule has 2 aromatic carbocycles. The third-order valence-electron chi connectivity index (χ3n) is 5.91. The average molecular weight is 463 g/mol. The Kier molecular flexibility index (Phi) is 8.87. The van der Waals surface area contributed by atoms with Crippen LogP contribution in [0.2, 0.25) is 0 Å². The third kappa shape index (κ3) is 6.05. The number of aryl methyl sites for hydroxylation is 1. The number of nitrogens with zero attached hydrogens (tertiary/aromatic N) is 2. The van der Waals surface area contributed by atoms with Gasteiger partial charge in [0, 0.05) is 47.9 Å². The van der Waals surface area contributed by atoms with Gasteiger partial charge >= 0.3 is 0 Å². The first-order valence-corrected chi connectivity index (χ1v) is 11.8. The number of hydrogen-bond acceptors (Lipinski definition) is 4. The van der Waals surface area contributed by atoms with Crippen molar-refractivity contribution >= 4 is 28.8 Å². The van der Waals surface area contributed by atoms with E-state index >= 15 is 0 Å². The standard InChI is InChI=1S/C27H34N4O3/c1-5-30(6-2)17-16-28-27(33)24(29-26(32)20-12-14-22(34-4)15-13-20)18-21-19-31(7-3)25-11-9-8-10-23(21)25/h8-15,18-19H,5-7,16-17H2,1-4H3,(H,28,33)(H,29,32). The molecule has 1 aromatic heterocycles. The molecule has 2 N–H and O–H groups in total. The van der Waals surface area contributed by atoms with Gasteiger partial charge in [-0.25, -0.2) is 0 Å². The number of ether oxygens (including phenoxy) is 1. The molecule has 3 rings (SSSR count). The van der Waals surface area contributed by atoms with Gasteiger partial charge in [0.1, 0.15) is 11.4 Å². The zero-order chi connectivity index (χ0) is 24.5. The molecule has 0 bridgehead atoms. The normalized spacial score (nSPS) is 11.6. The maximum Gasteiger partial charge on any atom is 0.267 e. The molecular formula is C27H34N4O3. The van der Waals surface area contributed by atoms with Crippen LogP contribution >= 0.6 is 0 Å². The first-order chi connectivity index (χ1) is 16.5. The molecule has 1 heterocycles. The van der Waals surface area contributed by atoms with Gasteiger partial charge < -0.3 is 24.8 Å². The Morgan fingerprint density at radius 3 is 2.38 bits per heavy atom. The Morgan fingerprint density at radius 1 is 1.03 bits per heavy atom. The summed E-state index contributed by atoms with van der Waals surface area (Å²) < 4.78 is 7.30. The number of fused-ring (bicyclic) bond motifs is 1. The van der Waals surface area contributed by atoms with E-state index in [1.165, 1.54) is 0 Å². The minimum absolute atomic E-state index is 0.208. The summed E-state index contributed by atoms with van der Waals surface area (Å²) in [4.78, 5) is 28.3.